The van der Waals surface area contributed by atoms with Crippen molar-refractivity contribution in [2.45, 2.75) is 31.6 Å². The van der Waals surface area contributed by atoms with Crippen LogP contribution in [0, 0.1) is 5.92 Å². The number of amides is 3. The molecule has 1 saturated carbocycles. The van der Waals surface area contributed by atoms with Crippen LogP contribution in [0.1, 0.15) is 37.0 Å². The van der Waals surface area contributed by atoms with Crippen molar-refractivity contribution in [2.24, 2.45) is 5.92 Å². The second-order valence-electron chi connectivity index (χ2n) is 7.69. The Labute approximate surface area is 193 Å². The van der Waals surface area contributed by atoms with Crippen LogP contribution in [0.5, 0.6) is 0 Å². The highest BCUT2D eigenvalue weighted by Crippen LogP contribution is 2.30. The quantitative estimate of drug-likeness (QED) is 0.490. The van der Waals surface area contributed by atoms with E-state index in [0.29, 0.717) is 24.5 Å². The van der Waals surface area contributed by atoms with Crippen LogP contribution in [-0.4, -0.2) is 50.1 Å². The summed E-state index contributed by atoms with van der Waals surface area (Å²) >= 11 is 0. The number of hydrogen-bond acceptors (Lipinski definition) is 5. The summed E-state index contributed by atoms with van der Waals surface area (Å²) < 4.78 is 26.6. The van der Waals surface area contributed by atoms with Gasteiger partial charge < -0.3 is 16.0 Å². The number of nitrogens with zero attached hydrogens (tertiary/aromatic N) is 1. The number of hydrogen-bond donors (Lipinski definition) is 3. The number of benzene rings is 2. The first-order valence-corrected chi connectivity index (χ1v) is 12.3. The van der Waals surface area contributed by atoms with Gasteiger partial charge in [0.05, 0.1) is 11.4 Å². The van der Waals surface area contributed by atoms with E-state index >= 15 is 0 Å². The summed E-state index contributed by atoms with van der Waals surface area (Å²) in [5.41, 5.74) is 1.32. The maximum atomic E-state index is 12.7. The minimum atomic E-state index is -3.69. The molecular formula is C23H28N4O5S. The predicted octanol–water partition coefficient (Wildman–Crippen LogP) is 2.43. The predicted molar refractivity (Wildman–Crippen MR) is 125 cm³/mol. The van der Waals surface area contributed by atoms with Crippen molar-refractivity contribution in [3.63, 3.8) is 0 Å². The first-order valence-electron chi connectivity index (χ1n) is 10.8. The van der Waals surface area contributed by atoms with Crippen molar-refractivity contribution in [1.29, 1.82) is 0 Å². The van der Waals surface area contributed by atoms with Gasteiger partial charge in [0.15, 0.2) is 0 Å². The zero-order valence-corrected chi connectivity index (χ0v) is 19.4. The lowest BCUT2D eigenvalue weighted by atomic mass is 10.2. The number of nitrogens with one attached hydrogen (secondary N) is 3. The zero-order valence-electron chi connectivity index (χ0n) is 18.6. The van der Waals surface area contributed by atoms with Crippen LogP contribution in [0.2, 0.25) is 0 Å². The monoisotopic (exact) mass is 472 g/mol. The van der Waals surface area contributed by atoms with E-state index in [0.717, 1.165) is 12.8 Å². The molecule has 2 aromatic carbocycles. The van der Waals surface area contributed by atoms with Gasteiger partial charge in [0, 0.05) is 35.9 Å². The lowest BCUT2D eigenvalue weighted by molar-refractivity contribution is -0.117. The third-order valence-corrected chi connectivity index (χ3v) is 7.28. The Bertz CT molecular complexity index is 1120. The van der Waals surface area contributed by atoms with Crippen LogP contribution in [0.25, 0.3) is 0 Å². The molecule has 0 radical (unpaired) electrons. The van der Waals surface area contributed by atoms with Gasteiger partial charge in [-0.1, -0.05) is 19.9 Å². The molecule has 176 valence electrons. The second kappa shape index (κ2) is 10.6. The largest absolute Gasteiger partial charge is 0.343 e. The molecule has 0 spiro atoms. The van der Waals surface area contributed by atoms with Gasteiger partial charge in [0.1, 0.15) is 0 Å². The summed E-state index contributed by atoms with van der Waals surface area (Å²) in [5.74, 6) is -0.889. The van der Waals surface area contributed by atoms with Crippen LogP contribution in [0.3, 0.4) is 0 Å². The van der Waals surface area contributed by atoms with Gasteiger partial charge >= 0.3 is 0 Å². The molecule has 1 aliphatic carbocycles. The van der Waals surface area contributed by atoms with Gasteiger partial charge in [-0.15, -0.1) is 0 Å². The van der Waals surface area contributed by atoms with Gasteiger partial charge in [0.25, 0.3) is 5.91 Å². The van der Waals surface area contributed by atoms with E-state index < -0.39 is 21.8 Å². The van der Waals surface area contributed by atoms with E-state index in [4.69, 9.17) is 0 Å². The maximum Gasteiger partial charge on any atom is 0.251 e. The van der Waals surface area contributed by atoms with Gasteiger partial charge in [-0.3, -0.25) is 14.4 Å². The molecule has 1 fully saturated rings. The van der Waals surface area contributed by atoms with Crippen molar-refractivity contribution in [3.8, 4) is 0 Å². The molecule has 1 aliphatic rings. The number of anilines is 2. The molecule has 3 amide bonds. The Morgan fingerprint density at radius 3 is 2.12 bits per heavy atom. The molecule has 0 saturated heterocycles. The van der Waals surface area contributed by atoms with Crippen LogP contribution in [0.15, 0.2) is 53.4 Å². The highest BCUT2D eigenvalue weighted by atomic mass is 32.2. The van der Waals surface area contributed by atoms with Crippen molar-refractivity contribution >= 4 is 39.1 Å². The standard InChI is InChI=1S/C23H28N4O5S/c1-3-27(4-2)33(31,32)20-7-5-6-17(14-20)22(29)24-15-21(28)25-18-10-12-19(13-11-18)26-23(30)16-8-9-16/h5-7,10-14,16H,3-4,8-9,15H2,1-2H3,(H,24,29)(H,25,28)(H,26,30). The minimum Gasteiger partial charge on any atom is -0.343 e. The molecule has 0 aromatic heterocycles. The third kappa shape index (κ3) is 6.39. The molecule has 0 heterocycles. The Kier molecular flexibility index (Phi) is 7.83. The van der Waals surface area contributed by atoms with Crippen molar-refractivity contribution < 1.29 is 22.8 Å². The van der Waals surface area contributed by atoms with Gasteiger partial charge in [-0.25, -0.2) is 8.42 Å². The normalized spacial score (nSPS) is 13.4. The summed E-state index contributed by atoms with van der Waals surface area (Å²) in [7, 11) is -3.69. The highest BCUT2D eigenvalue weighted by molar-refractivity contribution is 7.89. The summed E-state index contributed by atoms with van der Waals surface area (Å²) in [4.78, 5) is 36.5. The fourth-order valence-corrected chi connectivity index (χ4v) is 4.71. The van der Waals surface area contributed by atoms with Crippen LogP contribution in [0.4, 0.5) is 11.4 Å². The molecule has 0 unspecified atom stereocenters. The molecule has 2 aromatic rings. The Balaban J connectivity index is 1.54. The second-order valence-corrected chi connectivity index (χ2v) is 9.63. The molecule has 0 aliphatic heterocycles. The third-order valence-electron chi connectivity index (χ3n) is 5.23. The van der Waals surface area contributed by atoms with E-state index in [-0.39, 0.29) is 28.8 Å². The average Bonchev–Trinajstić information content (AvgIpc) is 3.65. The maximum absolute atomic E-state index is 12.7. The number of carbonyl (C=O) groups is 3. The topological polar surface area (TPSA) is 125 Å². The van der Waals surface area contributed by atoms with Gasteiger partial charge in [0.2, 0.25) is 21.8 Å². The van der Waals surface area contributed by atoms with Crippen molar-refractivity contribution in [3.05, 3.63) is 54.1 Å². The first kappa shape index (κ1) is 24.4. The Morgan fingerprint density at radius 2 is 1.55 bits per heavy atom. The van der Waals surface area contributed by atoms with Crippen molar-refractivity contribution in [1.82, 2.24) is 9.62 Å². The molecule has 3 rings (SSSR count). The SMILES string of the molecule is CCN(CC)S(=O)(=O)c1cccc(C(=O)NCC(=O)Nc2ccc(NC(=O)C3CC3)cc2)c1. The molecule has 0 atom stereocenters. The summed E-state index contributed by atoms with van der Waals surface area (Å²) in [6.07, 6.45) is 1.84. The summed E-state index contributed by atoms with van der Waals surface area (Å²) in [6, 6.07) is 12.4. The highest BCUT2D eigenvalue weighted by Gasteiger charge is 2.29. The summed E-state index contributed by atoms with van der Waals surface area (Å²) in [6.45, 7) is 3.85. The van der Waals surface area contributed by atoms with E-state index in [2.05, 4.69) is 16.0 Å². The Hall–Kier alpha value is -3.24. The zero-order chi connectivity index (χ0) is 24.0. The lowest BCUT2D eigenvalue weighted by Gasteiger charge is -2.18. The van der Waals surface area contributed by atoms with Crippen molar-refractivity contribution in [2.75, 3.05) is 30.3 Å². The fourth-order valence-electron chi connectivity index (χ4n) is 3.20. The Morgan fingerprint density at radius 1 is 0.939 bits per heavy atom. The average molecular weight is 473 g/mol. The summed E-state index contributed by atoms with van der Waals surface area (Å²) in [5, 5.41) is 7.97. The number of sulfonamides is 1. The van der Waals surface area contributed by atoms with Gasteiger partial charge in [-0.2, -0.15) is 4.31 Å². The molecule has 33 heavy (non-hydrogen) atoms. The van der Waals surface area contributed by atoms with Crippen LogP contribution >= 0.6 is 0 Å². The number of rotatable bonds is 10. The van der Waals surface area contributed by atoms with E-state index in [9.17, 15) is 22.8 Å². The van der Waals surface area contributed by atoms with E-state index in [1.54, 1.807) is 38.1 Å². The number of carbonyl (C=O) groups excluding carboxylic acids is 3. The molecular weight excluding hydrogens is 444 g/mol. The molecule has 0 bridgehead atoms. The van der Waals surface area contributed by atoms with Crippen LogP contribution in [-0.2, 0) is 19.6 Å². The smallest absolute Gasteiger partial charge is 0.251 e. The van der Waals surface area contributed by atoms with Crippen LogP contribution < -0.4 is 16.0 Å². The first-order chi connectivity index (χ1) is 15.7. The van der Waals surface area contributed by atoms with Gasteiger partial charge in [-0.05, 0) is 55.3 Å². The van der Waals surface area contributed by atoms with E-state index in [1.165, 1.54) is 28.6 Å². The molecule has 10 heteroatoms. The molecule has 3 N–H and O–H groups in total. The van der Waals surface area contributed by atoms with E-state index in [1.807, 2.05) is 0 Å². The lowest BCUT2D eigenvalue weighted by Crippen LogP contribution is -2.33. The fraction of sp³-hybridized carbons (Fsp3) is 0.348. The molecule has 9 nitrogen and oxygen atoms in total. The minimum absolute atomic E-state index is 0.00321.